The Kier molecular flexibility index (Phi) is 3.46. The Morgan fingerprint density at radius 1 is 1.31 bits per heavy atom. The topological polar surface area (TPSA) is 35.5 Å². The maximum atomic E-state index is 9.23. The molecule has 3 nitrogen and oxygen atoms in total. The van der Waals surface area contributed by atoms with Crippen molar-refractivity contribution >= 4 is 0 Å². The highest BCUT2D eigenvalue weighted by Crippen LogP contribution is 2.15. The maximum absolute atomic E-state index is 9.23. The summed E-state index contributed by atoms with van der Waals surface area (Å²) in [5.74, 6) is 0.338. The number of hydrogen-bond donors (Lipinski definition) is 2. The molecule has 0 saturated carbocycles. The summed E-state index contributed by atoms with van der Waals surface area (Å²) in [4.78, 5) is 2.48. The molecular weight excluding hydrogens is 200 g/mol. The summed E-state index contributed by atoms with van der Waals surface area (Å²) in [6, 6.07) is 8.64. The van der Waals surface area contributed by atoms with Gasteiger partial charge in [-0.15, -0.1) is 0 Å². The lowest BCUT2D eigenvalue weighted by molar-refractivity contribution is 0.139. The van der Waals surface area contributed by atoms with Crippen LogP contribution in [0.5, 0.6) is 5.75 Å². The van der Waals surface area contributed by atoms with Crippen LogP contribution in [0.15, 0.2) is 24.3 Å². The second-order valence-corrected chi connectivity index (χ2v) is 4.75. The highest BCUT2D eigenvalue weighted by Gasteiger charge is 2.21. The van der Waals surface area contributed by atoms with Crippen molar-refractivity contribution in [2.24, 2.45) is 0 Å². The summed E-state index contributed by atoms with van der Waals surface area (Å²) < 4.78 is 0. The van der Waals surface area contributed by atoms with Crippen molar-refractivity contribution in [3.63, 3.8) is 0 Å². The van der Waals surface area contributed by atoms with Gasteiger partial charge in [0.25, 0.3) is 0 Å². The van der Waals surface area contributed by atoms with Crippen molar-refractivity contribution < 1.29 is 5.11 Å². The molecule has 3 heteroatoms. The third-order valence-corrected chi connectivity index (χ3v) is 3.22. The third kappa shape index (κ3) is 2.74. The van der Waals surface area contributed by atoms with E-state index in [-0.39, 0.29) is 0 Å². The van der Waals surface area contributed by atoms with Crippen LogP contribution in [0, 0.1) is 0 Å². The molecule has 2 N–H and O–H groups in total. The fourth-order valence-electron chi connectivity index (χ4n) is 2.15. The van der Waals surface area contributed by atoms with Gasteiger partial charge in [-0.05, 0) is 31.5 Å². The summed E-state index contributed by atoms with van der Waals surface area (Å²) in [6.07, 6.45) is 0. The van der Waals surface area contributed by atoms with E-state index < -0.39 is 0 Å². The predicted molar refractivity (Wildman–Crippen MR) is 65.4 cm³/mol. The van der Waals surface area contributed by atoms with Gasteiger partial charge in [0.1, 0.15) is 5.75 Å². The van der Waals surface area contributed by atoms with Crippen molar-refractivity contribution in [1.29, 1.82) is 0 Å². The number of aromatic hydroxyl groups is 1. The van der Waals surface area contributed by atoms with E-state index in [1.807, 2.05) is 12.1 Å². The second-order valence-electron chi connectivity index (χ2n) is 4.75. The number of hydrogen-bond acceptors (Lipinski definition) is 3. The molecule has 1 saturated heterocycles. The molecular formula is C13H20N2O. The van der Waals surface area contributed by atoms with Gasteiger partial charge in [-0.2, -0.15) is 0 Å². The van der Waals surface area contributed by atoms with Gasteiger partial charge in [0, 0.05) is 31.7 Å². The summed E-state index contributed by atoms with van der Waals surface area (Å²) in [7, 11) is 0. The molecule has 0 aromatic heterocycles. The van der Waals surface area contributed by atoms with Gasteiger partial charge in [-0.25, -0.2) is 0 Å². The van der Waals surface area contributed by atoms with Crippen LogP contribution >= 0.6 is 0 Å². The average molecular weight is 220 g/mol. The minimum absolute atomic E-state index is 0.338. The summed E-state index contributed by atoms with van der Waals surface area (Å²) in [5, 5.41) is 12.7. The Bertz CT molecular complexity index is 336. The largest absolute Gasteiger partial charge is 0.508 e. The lowest BCUT2D eigenvalue weighted by atomic mass is 10.1. The van der Waals surface area contributed by atoms with Crippen molar-refractivity contribution in [2.75, 3.05) is 13.1 Å². The van der Waals surface area contributed by atoms with E-state index in [0.29, 0.717) is 17.8 Å². The normalized spacial score (nSPS) is 26.9. The van der Waals surface area contributed by atoms with Crippen LogP contribution < -0.4 is 5.32 Å². The fraction of sp³-hybridized carbons (Fsp3) is 0.538. The van der Waals surface area contributed by atoms with E-state index >= 15 is 0 Å². The van der Waals surface area contributed by atoms with Gasteiger partial charge in [0.2, 0.25) is 0 Å². The Morgan fingerprint density at radius 2 is 2.00 bits per heavy atom. The highest BCUT2D eigenvalue weighted by molar-refractivity contribution is 5.25. The standard InChI is InChI=1S/C13H20N2O/c1-10-8-15(11(2)7-14-10)9-12-3-5-13(16)6-4-12/h3-6,10-11,14,16H,7-9H2,1-2H3. The Labute approximate surface area is 97.1 Å². The molecule has 2 rings (SSSR count). The minimum atomic E-state index is 0.338. The molecule has 0 radical (unpaired) electrons. The molecule has 16 heavy (non-hydrogen) atoms. The first-order valence-electron chi connectivity index (χ1n) is 5.90. The number of phenols is 1. The maximum Gasteiger partial charge on any atom is 0.115 e. The number of phenolic OH excluding ortho intramolecular Hbond substituents is 1. The molecule has 1 aliphatic heterocycles. The summed E-state index contributed by atoms with van der Waals surface area (Å²) in [5.41, 5.74) is 1.26. The van der Waals surface area contributed by atoms with E-state index in [9.17, 15) is 5.11 Å². The third-order valence-electron chi connectivity index (χ3n) is 3.22. The number of benzene rings is 1. The van der Waals surface area contributed by atoms with Gasteiger partial charge in [0.15, 0.2) is 0 Å². The van der Waals surface area contributed by atoms with Gasteiger partial charge in [-0.3, -0.25) is 4.90 Å². The smallest absolute Gasteiger partial charge is 0.115 e. The number of piperazine rings is 1. The van der Waals surface area contributed by atoms with Crippen molar-refractivity contribution in [1.82, 2.24) is 10.2 Å². The van der Waals surface area contributed by atoms with E-state index in [0.717, 1.165) is 19.6 Å². The van der Waals surface area contributed by atoms with E-state index in [1.165, 1.54) is 5.56 Å². The molecule has 1 fully saturated rings. The molecule has 2 atom stereocenters. The lowest BCUT2D eigenvalue weighted by Crippen LogP contribution is -2.53. The van der Waals surface area contributed by atoms with Crippen LogP contribution in [0.25, 0.3) is 0 Å². The average Bonchev–Trinajstić information content (AvgIpc) is 2.27. The van der Waals surface area contributed by atoms with Crippen LogP contribution in [0.1, 0.15) is 19.4 Å². The monoisotopic (exact) mass is 220 g/mol. The Hall–Kier alpha value is -1.06. The molecule has 0 spiro atoms. The number of rotatable bonds is 2. The zero-order chi connectivity index (χ0) is 11.5. The zero-order valence-electron chi connectivity index (χ0n) is 9.98. The van der Waals surface area contributed by atoms with Crippen LogP contribution in [-0.4, -0.2) is 35.2 Å². The number of nitrogens with one attached hydrogen (secondary N) is 1. The second kappa shape index (κ2) is 4.85. The molecule has 1 heterocycles. The first-order valence-corrected chi connectivity index (χ1v) is 5.90. The molecule has 1 aromatic rings. The SMILES string of the molecule is CC1CN(Cc2ccc(O)cc2)C(C)CN1. The molecule has 0 amide bonds. The minimum Gasteiger partial charge on any atom is -0.508 e. The van der Waals surface area contributed by atoms with Gasteiger partial charge in [0.05, 0.1) is 0 Å². The van der Waals surface area contributed by atoms with Crippen molar-refractivity contribution in [3.05, 3.63) is 29.8 Å². The highest BCUT2D eigenvalue weighted by atomic mass is 16.3. The van der Waals surface area contributed by atoms with E-state index in [2.05, 4.69) is 24.1 Å². The van der Waals surface area contributed by atoms with Crippen LogP contribution in [-0.2, 0) is 6.54 Å². The quantitative estimate of drug-likeness (QED) is 0.794. The molecule has 0 aliphatic carbocycles. The lowest BCUT2D eigenvalue weighted by Gasteiger charge is -2.37. The predicted octanol–water partition coefficient (Wildman–Crippen LogP) is 1.57. The first-order chi connectivity index (χ1) is 7.65. The Balaban J connectivity index is 2.00. The summed E-state index contributed by atoms with van der Waals surface area (Å²) >= 11 is 0. The summed E-state index contributed by atoms with van der Waals surface area (Å²) in [6.45, 7) is 7.57. The van der Waals surface area contributed by atoms with Crippen LogP contribution in [0.3, 0.4) is 0 Å². The van der Waals surface area contributed by atoms with Gasteiger partial charge in [-0.1, -0.05) is 12.1 Å². The molecule has 88 valence electrons. The van der Waals surface area contributed by atoms with Gasteiger partial charge >= 0.3 is 0 Å². The molecule has 2 unspecified atom stereocenters. The fourth-order valence-corrected chi connectivity index (χ4v) is 2.15. The van der Waals surface area contributed by atoms with Crippen molar-refractivity contribution in [2.45, 2.75) is 32.5 Å². The first kappa shape index (κ1) is 11.4. The van der Waals surface area contributed by atoms with Crippen LogP contribution in [0.4, 0.5) is 0 Å². The number of nitrogens with zero attached hydrogens (tertiary/aromatic N) is 1. The van der Waals surface area contributed by atoms with Crippen LogP contribution in [0.2, 0.25) is 0 Å². The zero-order valence-corrected chi connectivity index (χ0v) is 9.98. The van der Waals surface area contributed by atoms with Crippen molar-refractivity contribution in [3.8, 4) is 5.75 Å². The molecule has 1 aliphatic rings. The van der Waals surface area contributed by atoms with Gasteiger partial charge < -0.3 is 10.4 Å². The molecule has 1 aromatic carbocycles. The van der Waals surface area contributed by atoms with E-state index in [1.54, 1.807) is 12.1 Å². The van der Waals surface area contributed by atoms with E-state index in [4.69, 9.17) is 0 Å². The Morgan fingerprint density at radius 3 is 2.69 bits per heavy atom. The molecule has 0 bridgehead atoms.